The number of fused-ring (bicyclic) bond motifs is 1. The van der Waals surface area contributed by atoms with Gasteiger partial charge in [-0.1, -0.05) is 6.07 Å². The summed E-state index contributed by atoms with van der Waals surface area (Å²) in [7, 11) is 0. The number of carbonyl (C=O) groups is 1. The smallest absolute Gasteiger partial charge is 0.353 e. The van der Waals surface area contributed by atoms with Gasteiger partial charge in [-0.3, -0.25) is 4.79 Å². The number of rotatable bonds is 6. The lowest BCUT2D eigenvalue weighted by atomic mass is 10.0. The number of carboxylic acids is 1. The van der Waals surface area contributed by atoms with Crippen LogP contribution in [0, 0.1) is 11.6 Å². The third-order valence-corrected chi connectivity index (χ3v) is 4.98. The summed E-state index contributed by atoms with van der Waals surface area (Å²) >= 11 is 0. The molecule has 0 saturated heterocycles. The molecule has 4 aromatic rings. The molecule has 0 amide bonds. The summed E-state index contributed by atoms with van der Waals surface area (Å²) in [4.78, 5) is 27.4. The molecule has 0 bridgehead atoms. The van der Waals surface area contributed by atoms with Crippen LogP contribution < -0.4 is 10.3 Å². The molecule has 4 rings (SSSR count). The lowest BCUT2D eigenvalue weighted by Crippen LogP contribution is -2.14. The van der Waals surface area contributed by atoms with Crippen LogP contribution in [0.2, 0.25) is 0 Å². The molecule has 0 aliphatic rings. The first-order valence-corrected chi connectivity index (χ1v) is 9.55. The Morgan fingerprint density at radius 3 is 2.65 bits per heavy atom. The predicted octanol–water partition coefficient (Wildman–Crippen LogP) is 4.42. The number of aromatic nitrogens is 2. The maximum atomic E-state index is 14.4. The highest BCUT2D eigenvalue weighted by Gasteiger charge is 2.26. The standard InChI is InChI=1S/C23H18F2N2O4/c1-2-31-15-7-8-19-17(11-15)20(16-4-3-9-26-22(16)28)21(23(29)30)27(19)12-13-5-6-14(24)10-18(13)25/h3-11H,2,12H2,1H3,(H,26,28)(H,29,30). The van der Waals surface area contributed by atoms with Crippen LogP contribution in [0.15, 0.2) is 59.5 Å². The molecule has 0 unspecified atom stereocenters. The first-order valence-electron chi connectivity index (χ1n) is 9.55. The minimum Gasteiger partial charge on any atom is -0.494 e. The normalized spacial score (nSPS) is 11.1. The van der Waals surface area contributed by atoms with Crippen molar-refractivity contribution in [1.29, 1.82) is 0 Å². The number of hydrogen-bond donors (Lipinski definition) is 2. The molecule has 2 aromatic heterocycles. The minimum atomic E-state index is -1.28. The van der Waals surface area contributed by atoms with E-state index in [2.05, 4.69) is 4.98 Å². The fourth-order valence-electron chi connectivity index (χ4n) is 3.69. The minimum absolute atomic E-state index is 0.114. The number of aromatic carboxylic acids is 1. The number of nitrogens with zero attached hydrogens (tertiary/aromatic N) is 1. The average molecular weight is 424 g/mol. The van der Waals surface area contributed by atoms with Gasteiger partial charge in [-0.25, -0.2) is 13.6 Å². The zero-order chi connectivity index (χ0) is 22.1. The number of halogens is 2. The Balaban J connectivity index is 2.05. The molecular formula is C23H18F2N2O4. The van der Waals surface area contributed by atoms with Crippen LogP contribution in [0.5, 0.6) is 5.75 Å². The molecule has 2 heterocycles. The van der Waals surface area contributed by atoms with E-state index in [0.717, 1.165) is 12.1 Å². The Kier molecular flexibility index (Phi) is 5.29. The van der Waals surface area contributed by atoms with Crippen LogP contribution in [0.4, 0.5) is 8.78 Å². The van der Waals surface area contributed by atoms with E-state index < -0.39 is 23.2 Å². The van der Waals surface area contributed by atoms with E-state index in [1.54, 1.807) is 24.3 Å². The zero-order valence-corrected chi connectivity index (χ0v) is 16.5. The van der Waals surface area contributed by atoms with Gasteiger partial charge in [-0.2, -0.15) is 0 Å². The number of carboxylic acid groups (broad SMARTS) is 1. The Hall–Kier alpha value is -3.94. The number of ether oxygens (including phenoxy) is 1. The van der Waals surface area contributed by atoms with Gasteiger partial charge in [0, 0.05) is 39.9 Å². The fraction of sp³-hybridized carbons (Fsp3) is 0.130. The maximum Gasteiger partial charge on any atom is 0.353 e. The third-order valence-electron chi connectivity index (χ3n) is 4.98. The highest BCUT2D eigenvalue weighted by atomic mass is 19.1. The van der Waals surface area contributed by atoms with Crippen LogP contribution in [0.3, 0.4) is 0 Å². The summed E-state index contributed by atoms with van der Waals surface area (Å²) in [5.41, 5.74) is 0.319. The van der Waals surface area contributed by atoms with E-state index in [1.807, 2.05) is 6.92 Å². The van der Waals surface area contributed by atoms with E-state index in [4.69, 9.17) is 4.74 Å². The summed E-state index contributed by atoms with van der Waals surface area (Å²) in [5.74, 6) is -2.29. The quantitative estimate of drug-likeness (QED) is 0.480. The highest BCUT2D eigenvalue weighted by molar-refractivity contribution is 6.08. The van der Waals surface area contributed by atoms with Crippen molar-refractivity contribution in [2.24, 2.45) is 0 Å². The average Bonchev–Trinajstić information content (AvgIpc) is 3.04. The number of pyridine rings is 1. The number of hydrogen-bond acceptors (Lipinski definition) is 3. The van der Waals surface area contributed by atoms with E-state index >= 15 is 0 Å². The van der Waals surface area contributed by atoms with Crippen molar-refractivity contribution in [1.82, 2.24) is 9.55 Å². The van der Waals surface area contributed by atoms with Crippen molar-refractivity contribution >= 4 is 16.9 Å². The van der Waals surface area contributed by atoms with Crippen molar-refractivity contribution in [3.63, 3.8) is 0 Å². The molecule has 0 radical (unpaired) electrons. The second-order valence-electron chi connectivity index (χ2n) is 6.88. The molecule has 0 saturated carbocycles. The van der Waals surface area contributed by atoms with Crippen molar-refractivity contribution in [2.45, 2.75) is 13.5 Å². The van der Waals surface area contributed by atoms with Gasteiger partial charge in [0.2, 0.25) is 0 Å². The predicted molar refractivity (Wildman–Crippen MR) is 112 cm³/mol. The number of H-pyrrole nitrogens is 1. The number of aromatic amines is 1. The van der Waals surface area contributed by atoms with Crippen LogP contribution in [0.25, 0.3) is 22.0 Å². The lowest BCUT2D eigenvalue weighted by molar-refractivity contribution is 0.0687. The molecule has 2 N–H and O–H groups in total. The lowest BCUT2D eigenvalue weighted by Gasteiger charge is -2.10. The van der Waals surface area contributed by atoms with Gasteiger partial charge in [0.15, 0.2) is 0 Å². The van der Waals surface area contributed by atoms with Gasteiger partial charge in [-0.15, -0.1) is 0 Å². The van der Waals surface area contributed by atoms with Crippen molar-refractivity contribution in [3.8, 4) is 16.9 Å². The number of nitrogens with one attached hydrogen (secondary N) is 1. The van der Waals surface area contributed by atoms with E-state index in [-0.39, 0.29) is 28.9 Å². The molecule has 31 heavy (non-hydrogen) atoms. The van der Waals surface area contributed by atoms with Gasteiger partial charge in [0.05, 0.1) is 13.2 Å². The Morgan fingerprint density at radius 1 is 1.16 bits per heavy atom. The van der Waals surface area contributed by atoms with Crippen LogP contribution in [-0.2, 0) is 6.54 Å². The van der Waals surface area contributed by atoms with Crippen LogP contribution in [-0.4, -0.2) is 27.2 Å². The zero-order valence-electron chi connectivity index (χ0n) is 16.5. The monoisotopic (exact) mass is 424 g/mol. The van der Waals surface area contributed by atoms with Gasteiger partial charge in [0.25, 0.3) is 5.56 Å². The largest absolute Gasteiger partial charge is 0.494 e. The molecule has 6 nitrogen and oxygen atoms in total. The van der Waals surface area contributed by atoms with E-state index in [9.17, 15) is 23.5 Å². The summed E-state index contributed by atoms with van der Waals surface area (Å²) in [6.45, 7) is 2.06. The van der Waals surface area contributed by atoms with Crippen molar-refractivity contribution in [2.75, 3.05) is 6.61 Å². The van der Waals surface area contributed by atoms with E-state index in [0.29, 0.717) is 23.3 Å². The molecule has 0 aliphatic heterocycles. The molecular weight excluding hydrogens is 406 g/mol. The SMILES string of the molecule is CCOc1ccc2c(c1)c(-c1ccc[nH]c1=O)c(C(=O)O)n2Cc1ccc(F)cc1F. The van der Waals surface area contributed by atoms with Crippen molar-refractivity contribution in [3.05, 3.63) is 88.0 Å². The van der Waals surface area contributed by atoms with Crippen molar-refractivity contribution < 1.29 is 23.4 Å². The van der Waals surface area contributed by atoms with Crippen LogP contribution >= 0.6 is 0 Å². The van der Waals surface area contributed by atoms with Gasteiger partial charge in [0.1, 0.15) is 23.1 Å². The Labute approximate surface area is 175 Å². The molecule has 8 heteroatoms. The van der Waals surface area contributed by atoms with Gasteiger partial charge in [-0.05, 0) is 43.3 Å². The highest BCUT2D eigenvalue weighted by Crippen LogP contribution is 2.36. The summed E-state index contributed by atoms with van der Waals surface area (Å²) < 4.78 is 34.7. The molecule has 158 valence electrons. The molecule has 0 spiro atoms. The second kappa shape index (κ2) is 8.06. The maximum absolute atomic E-state index is 14.4. The summed E-state index contributed by atoms with van der Waals surface area (Å²) in [5, 5.41) is 10.5. The summed E-state index contributed by atoms with van der Waals surface area (Å²) in [6.07, 6.45) is 1.45. The molecule has 0 atom stereocenters. The Morgan fingerprint density at radius 2 is 1.97 bits per heavy atom. The Bertz CT molecular complexity index is 1360. The second-order valence-corrected chi connectivity index (χ2v) is 6.88. The van der Waals surface area contributed by atoms with E-state index in [1.165, 1.54) is 22.9 Å². The van der Waals surface area contributed by atoms with Gasteiger partial charge < -0.3 is 19.4 Å². The first-order chi connectivity index (χ1) is 14.9. The van der Waals surface area contributed by atoms with Crippen LogP contribution in [0.1, 0.15) is 23.0 Å². The summed E-state index contributed by atoms with van der Waals surface area (Å²) in [6, 6.07) is 11.2. The van der Waals surface area contributed by atoms with Gasteiger partial charge >= 0.3 is 5.97 Å². The molecule has 0 aliphatic carbocycles. The third kappa shape index (κ3) is 3.68. The topological polar surface area (TPSA) is 84.3 Å². The molecule has 0 fully saturated rings. The first kappa shape index (κ1) is 20.3. The molecule has 2 aromatic carbocycles. The fourth-order valence-corrected chi connectivity index (χ4v) is 3.69. The number of benzene rings is 2.